The molecule has 0 saturated heterocycles. The maximum absolute atomic E-state index is 12.5. The van der Waals surface area contributed by atoms with Crippen LogP contribution >= 0.6 is 0 Å². The first-order chi connectivity index (χ1) is 11.6. The molecule has 3 atom stereocenters. The van der Waals surface area contributed by atoms with E-state index in [4.69, 9.17) is 4.42 Å². The highest BCUT2D eigenvalue weighted by Gasteiger charge is 2.40. The predicted octanol–water partition coefficient (Wildman–Crippen LogP) is 4.99. The minimum absolute atomic E-state index is 0.0705. The quantitative estimate of drug-likeness (QED) is 0.861. The van der Waals surface area contributed by atoms with E-state index in [1.807, 2.05) is 18.2 Å². The summed E-state index contributed by atoms with van der Waals surface area (Å²) in [6.07, 6.45) is 5.03. The summed E-state index contributed by atoms with van der Waals surface area (Å²) in [4.78, 5) is 12.5. The summed E-state index contributed by atoms with van der Waals surface area (Å²) in [5, 5.41) is 3.19. The second-order valence-electron chi connectivity index (χ2n) is 7.70. The van der Waals surface area contributed by atoms with Crippen molar-refractivity contribution in [3.05, 3.63) is 47.7 Å². The number of carbonyl (C=O) groups is 1. The molecule has 2 bridgehead atoms. The number of amides is 1. The van der Waals surface area contributed by atoms with Crippen molar-refractivity contribution in [2.45, 2.75) is 51.5 Å². The van der Waals surface area contributed by atoms with E-state index in [0.29, 0.717) is 23.6 Å². The Labute approximate surface area is 143 Å². The highest BCUT2D eigenvalue weighted by atomic mass is 16.3. The predicted molar refractivity (Wildman–Crippen MR) is 94.9 cm³/mol. The van der Waals surface area contributed by atoms with Crippen LogP contribution in [-0.2, 0) is 0 Å². The van der Waals surface area contributed by atoms with Crippen molar-refractivity contribution in [1.82, 2.24) is 5.32 Å². The van der Waals surface area contributed by atoms with Crippen LogP contribution < -0.4 is 5.32 Å². The van der Waals surface area contributed by atoms with E-state index in [1.165, 1.54) is 24.8 Å². The van der Waals surface area contributed by atoms with Crippen molar-refractivity contribution in [1.29, 1.82) is 0 Å². The smallest absolute Gasteiger partial charge is 0.287 e. The van der Waals surface area contributed by atoms with Gasteiger partial charge in [-0.1, -0.05) is 38.5 Å². The van der Waals surface area contributed by atoms with E-state index in [2.05, 4.69) is 31.3 Å². The SMILES string of the molecule is CC(C)c1cccc(-c2ccc(C(=O)N[C@@H]3C[C@@H]4CC[C@H]3C4)o2)c1. The van der Waals surface area contributed by atoms with Gasteiger partial charge in [0.15, 0.2) is 5.76 Å². The lowest BCUT2D eigenvalue weighted by Crippen LogP contribution is -2.38. The fraction of sp³-hybridized carbons (Fsp3) is 0.476. The van der Waals surface area contributed by atoms with Crippen LogP contribution in [0.4, 0.5) is 0 Å². The Bertz CT molecular complexity index is 746. The number of nitrogens with one attached hydrogen (secondary N) is 1. The van der Waals surface area contributed by atoms with Gasteiger partial charge in [0.25, 0.3) is 5.91 Å². The largest absolute Gasteiger partial charge is 0.451 e. The zero-order valence-electron chi connectivity index (χ0n) is 14.4. The van der Waals surface area contributed by atoms with Crippen LogP contribution in [0.1, 0.15) is 61.6 Å². The van der Waals surface area contributed by atoms with Gasteiger partial charge in [-0.05, 0) is 60.8 Å². The molecule has 1 aromatic carbocycles. The molecule has 2 fully saturated rings. The van der Waals surface area contributed by atoms with Crippen LogP contribution in [0, 0.1) is 11.8 Å². The summed E-state index contributed by atoms with van der Waals surface area (Å²) in [6.45, 7) is 4.35. The van der Waals surface area contributed by atoms with E-state index in [0.717, 1.165) is 23.7 Å². The summed E-state index contributed by atoms with van der Waals surface area (Å²) in [7, 11) is 0. The molecule has 1 amide bonds. The molecular formula is C21H25NO2. The van der Waals surface area contributed by atoms with Gasteiger partial charge >= 0.3 is 0 Å². The third-order valence-corrected chi connectivity index (χ3v) is 5.72. The summed E-state index contributed by atoms with van der Waals surface area (Å²) in [6, 6.07) is 12.4. The molecule has 1 N–H and O–H groups in total. The minimum Gasteiger partial charge on any atom is -0.451 e. The number of carbonyl (C=O) groups excluding carboxylic acids is 1. The van der Waals surface area contributed by atoms with Crippen LogP contribution in [0.25, 0.3) is 11.3 Å². The van der Waals surface area contributed by atoms with Gasteiger partial charge in [-0.3, -0.25) is 4.79 Å². The standard InChI is InChI=1S/C21H25NO2/c1-13(2)15-4-3-5-17(12-15)19-8-9-20(24-19)21(23)22-18-11-14-6-7-16(18)10-14/h3-5,8-9,12-14,16,18H,6-7,10-11H2,1-2H3,(H,22,23)/t14-,16+,18-/m1/s1. The van der Waals surface area contributed by atoms with Crippen molar-refractivity contribution in [2.24, 2.45) is 11.8 Å². The van der Waals surface area contributed by atoms with Crippen molar-refractivity contribution >= 4 is 5.91 Å². The molecule has 2 aromatic rings. The molecule has 1 aromatic heterocycles. The zero-order valence-corrected chi connectivity index (χ0v) is 14.4. The van der Waals surface area contributed by atoms with Gasteiger partial charge in [0, 0.05) is 11.6 Å². The fourth-order valence-electron chi connectivity index (χ4n) is 4.33. The average Bonchev–Trinajstić information content (AvgIpc) is 3.31. The molecule has 2 saturated carbocycles. The number of hydrogen-bond donors (Lipinski definition) is 1. The summed E-state index contributed by atoms with van der Waals surface area (Å²) < 4.78 is 5.84. The molecule has 24 heavy (non-hydrogen) atoms. The number of benzene rings is 1. The second-order valence-corrected chi connectivity index (χ2v) is 7.70. The van der Waals surface area contributed by atoms with Crippen molar-refractivity contribution < 1.29 is 9.21 Å². The molecule has 3 nitrogen and oxygen atoms in total. The first kappa shape index (κ1) is 15.5. The lowest BCUT2D eigenvalue weighted by atomic mass is 9.95. The van der Waals surface area contributed by atoms with Gasteiger partial charge < -0.3 is 9.73 Å². The lowest BCUT2D eigenvalue weighted by Gasteiger charge is -2.22. The topological polar surface area (TPSA) is 42.2 Å². The monoisotopic (exact) mass is 323 g/mol. The second kappa shape index (κ2) is 6.12. The van der Waals surface area contributed by atoms with E-state index in [9.17, 15) is 4.79 Å². The first-order valence-electron chi connectivity index (χ1n) is 9.11. The van der Waals surface area contributed by atoms with Gasteiger partial charge in [0.05, 0.1) is 0 Å². The van der Waals surface area contributed by atoms with Gasteiger partial charge in [-0.25, -0.2) is 0 Å². The molecule has 0 radical (unpaired) electrons. The third kappa shape index (κ3) is 2.88. The highest BCUT2D eigenvalue weighted by molar-refractivity contribution is 5.92. The minimum atomic E-state index is -0.0705. The molecule has 0 aliphatic heterocycles. The van der Waals surface area contributed by atoms with Crippen LogP contribution in [0.15, 0.2) is 40.8 Å². The van der Waals surface area contributed by atoms with Crippen LogP contribution in [0.5, 0.6) is 0 Å². The van der Waals surface area contributed by atoms with Crippen molar-refractivity contribution in [3.63, 3.8) is 0 Å². The number of rotatable bonds is 4. The van der Waals surface area contributed by atoms with Crippen molar-refractivity contribution in [3.8, 4) is 11.3 Å². The first-order valence-corrected chi connectivity index (χ1v) is 9.11. The normalized spacial score (nSPS) is 25.4. The fourth-order valence-corrected chi connectivity index (χ4v) is 4.33. The Hall–Kier alpha value is -2.03. The van der Waals surface area contributed by atoms with E-state index in [1.54, 1.807) is 6.07 Å². The van der Waals surface area contributed by atoms with Gasteiger partial charge in [0.2, 0.25) is 0 Å². The number of fused-ring (bicyclic) bond motifs is 2. The Kier molecular flexibility index (Phi) is 3.95. The van der Waals surface area contributed by atoms with Gasteiger partial charge in [-0.2, -0.15) is 0 Å². The maximum atomic E-state index is 12.5. The number of hydrogen-bond acceptors (Lipinski definition) is 2. The highest BCUT2D eigenvalue weighted by Crippen LogP contribution is 2.44. The molecular weight excluding hydrogens is 298 g/mol. The van der Waals surface area contributed by atoms with Crippen LogP contribution in [0.2, 0.25) is 0 Å². The van der Waals surface area contributed by atoms with E-state index < -0.39 is 0 Å². The molecule has 4 rings (SSSR count). The molecule has 0 spiro atoms. The van der Waals surface area contributed by atoms with Crippen LogP contribution in [-0.4, -0.2) is 11.9 Å². The molecule has 2 aliphatic carbocycles. The summed E-state index contributed by atoms with van der Waals surface area (Å²) in [5.74, 6) is 3.08. The van der Waals surface area contributed by atoms with Crippen LogP contribution in [0.3, 0.4) is 0 Å². The average molecular weight is 323 g/mol. The molecule has 2 aliphatic rings. The molecule has 126 valence electrons. The Morgan fingerprint density at radius 1 is 1.17 bits per heavy atom. The summed E-state index contributed by atoms with van der Waals surface area (Å²) in [5.41, 5.74) is 2.30. The molecule has 1 heterocycles. The lowest BCUT2D eigenvalue weighted by molar-refractivity contribution is 0.0895. The van der Waals surface area contributed by atoms with Gasteiger partial charge in [-0.15, -0.1) is 0 Å². The van der Waals surface area contributed by atoms with Crippen molar-refractivity contribution in [2.75, 3.05) is 0 Å². The summed E-state index contributed by atoms with van der Waals surface area (Å²) >= 11 is 0. The Morgan fingerprint density at radius 2 is 2.04 bits per heavy atom. The maximum Gasteiger partial charge on any atom is 0.287 e. The Balaban J connectivity index is 1.48. The molecule has 0 unspecified atom stereocenters. The molecule has 3 heteroatoms. The Morgan fingerprint density at radius 3 is 2.75 bits per heavy atom. The van der Waals surface area contributed by atoms with E-state index >= 15 is 0 Å². The number of furan rings is 1. The van der Waals surface area contributed by atoms with Gasteiger partial charge in [0.1, 0.15) is 5.76 Å². The third-order valence-electron chi connectivity index (χ3n) is 5.72. The zero-order chi connectivity index (χ0) is 16.7. The van der Waals surface area contributed by atoms with E-state index in [-0.39, 0.29) is 5.91 Å².